The lowest BCUT2D eigenvalue weighted by Crippen LogP contribution is -2.55. The van der Waals surface area contributed by atoms with Gasteiger partial charge in [0, 0.05) is 17.6 Å². The van der Waals surface area contributed by atoms with E-state index >= 15 is 0 Å². The van der Waals surface area contributed by atoms with E-state index in [4.69, 9.17) is 5.73 Å². The molecule has 0 aromatic carbocycles. The number of hydrogen-bond donors (Lipinski definition) is 2. The van der Waals surface area contributed by atoms with Crippen LogP contribution in [-0.4, -0.2) is 42.5 Å². The zero-order chi connectivity index (χ0) is 14.0. The molecule has 0 saturated heterocycles. The summed E-state index contributed by atoms with van der Waals surface area (Å²) in [4.78, 5) is 14.4. The molecule has 4 nitrogen and oxygen atoms in total. The minimum absolute atomic E-state index is 0.0324. The van der Waals surface area contributed by atoms with E-state index < -0.39 is 0 Å². The predicted octanol–water partition coefficient (Wildman–Crippen LogP) is 1.35. The molecule has 0 spiro atoms. The highest BCUT2D eigenvalue weighted by Crippen LogP contribution is 2.31. The maximum absolute atomic E-state index is 12.3. The lowest BCUT2D eigenvalue weighted by molar-refractivity contribution is -0.128. The number of carbonyl (C=O) groups is 1. The third kappa shape index (κ3) is 3.69. The minimum atomic E-state index is -0.343. The standard InChI is InChI=1S/C14H29N3O/c1-13(2,17(4)5)10-16-12(18)11-8-6-7-9-14(11,3)15/h11H,6-10,15H2,1-5H3,(H,16,18). The van der Waals surface area contributed by atoms with Gasteiger partial charge in [-0.3, -0.25) is 4.79 Å². The summed E-state index contributed by atoms with van der Waals surface area (Å²) in [5, 5.41) is 3.07. The van der Waals surface area contributed by atoms with Crippen LogP contribution in [0.1, 0.15) is 46.5 Å². The van der Waals surface area contributed by atoms with Gasteiger partial charge in [-0.05, 0) is 47.7 Å². The van der Waals surface area contributed by atoms with E-state index in [-0.39, 0.29) is 22.9 Å². The first kappa shape index (κ1) is 15.4. The van der Waals surface area contributed by atoms with E-state index in [1.807, 2.05) is 21.0 Å². The molecule has 1 saturated carbocycles. The molecule has 2 atom stereocenters. The van der Waals surface area contributed by atoms with Crippen LogP contribution in [0.4, 0.5) is 0 Å². The highest BCUT2D eigenvalue weighted by Gasteiger charge is 2.38. The third-order valence-electron chi connectivity index (χ3n) is 4.48. The van der Waals surface area contributed by atoms with Gasteiger partial charge in [0.25, 0.3) is 0 Å². The topological polar surface area (TPSA) is 58.4 Å². The normalized spacial score (nSPS) is 29.4. The molecule has 18 heavy (non-hydrogen) atoms. The lowest BCUT2D eigenvalue weighted by atomic mass is 9.74. The van der Waals surface area contributed by atoms with Crippen molar-refractivity contribution in [3.05, 3.63) is 0 Å². The molecule has 3 N–H and O–H groups in total. The Morgan fingerprint density at radius 3 is 2.56 bits per heavy atom. The zero-order valence-electron chi connectivity index (χ0n) is 12.5. The van der Waals surface area contributed by atoms with Crippen molar-refractivity contribution in [2.75, 3.05) is 20.6 Å². The van der Waals surface area contributed by atoms with Crippen LogP contribution in [0.15, 0.2) is 0 Å². The average Bonchev–Trinajstić information content (AvgIpc) is 2.25. The fraction of sp³-hybridized carbons (Fsp3) is 0.929. The second-order valence-corrected chi connectivity index (χ2v) is 6.73. The zero-order valence-corrected chi connectivity index (χ0v) is 12.5. The number of nitrogens with one attached hydrogen (secondary N) is 1. The average molecular weight is 255 g/mol. The molecule has 1 aliphatic rings. The number of nitrogens with zero attached hydrogens (tertiary/aromatic N) is 1. The van der Waals surface area contributed by atoms with Gasteiger partial charge >= 0.3 is 0 Å². The second kappa shape index (κ2) is 5.57. The Hall–Kier alpha value is -0.610. The summed E-state index contributed by atoms with van der Waals surface area (Å²) in [7, 11) is 4.06. The van der Waals surface area contributed by atoms with Crippen LogP contribution in [0.3, 0.4) is 0 Å². The van der Waals surface area contributed by atoms with E-state index in [2.05, 4.69) is 24.1 Å². The van der Waals surface area contributed by atoms with E-state index in [0.717, 1.165) is 25.7 Å². The van der Waals surface area contributed by atoms with Crippen LogP contribution in [0, 0.1) is 5.92 Å². The molecule has 1 amide bonds. The maximum Gasteiger partial charge on any atom is 0.225 e. The molecule has 0 aliphatic heterocycles. The Labute approximate surface area is 111 Å². The molecule has 0 aromatic rings. The highest BCUT2D eigenvalue weighted by atomic mass is 16.1. The molecule has 2 unspecified atom stereocenters. The van der Waals surface area contributed by atoms with Gasteiger partial charge in [0.1, 0.15) is 0 Å². The van der Waals surface area contributed by atoms with Gasteiger partial charge in [0.2, 0.25) is 5.91 Å². The van der Waals surface area contributed by atoms with E-state index in [1.165, 1.54) is 0 Å². The van der Waals surface area contributed by atoms with E-state index in [9.17, 15) is 4.79 Å². The van der Waals surface area contributed by atoms with Crippen LogP contribution in [0.2, 0.25) is 0 Å². The molecule has 106 valence electrons. The van der Waals surface area contributed by atoms with Crippen molar-refractivity contribution in [3.8, 4) is 0 Å². The lowest BCUT2D eigenvalue weighted by Gasteiger charge is -2.38. The Balaban J connectivity index is 2.55. The largest absolute Gasteiger partial charge is 0.354 e. The molecule has 4 heteroatoms. The fourth-order valence-electron chi connectivity index (χ4n) is 2.37. The van der Waals surface area contributed by atoms with Gasteiger partial charge in [0.15, 0.2) is 0 Å². The molecular formula is C14H29N3O. The van der Waals surface area contributed by atoms with Crippen molar-refractivity contribution in [2.45, 2.75) is 57.5 Å². The number of hydrogen-bond acceptors (Lipinski definition) is 3. The van der Waals surface area contributed by atoms with Gasteiger partial charge in [-0.25, -0.2) is 0 Å². The number of amides is 1. The maximum atomic E-state index is 12.3. The molecular weight excluding hydrogens is 226 g/mol. The van der Waals surface area contributed by atoms with Gasteiger partial charge in [-0.1, -0.05) is 12.8 Å². The summed E-state index contributed by atoms with van der Waals surface area (Å²) in [6, 6.07) is 0. The Morgan fingerprint density at radius 2 is 2.06 bits per heavy atom. The summed E-state index contributed by atoms with van der Waals surface area (Å²) in [5.74, 6) is 0.0823. The van der Waals surface area contributed by atoms with Crippen LogP contribution >= 0.6 is 0 Å². The first-order chi connectivity index (χ1) is 8.17. The highest BCUT2D eigenvalue weighted by molar-refractivity contribution is 5.80. The smallest absolute Gasteiger partial charge is 0.225 e. The van der Waals surface area contributed by atoms with Crippen LogP contribution in [0.5, 0.6) is 0 Å². The Morgan fingerprint density at radius 1 is 1.44 bits per heavy atom. The molecule has 0 bridgehead atoms. The molecule has 1 rings (SSSR count). The van der Waals surface area contributed by atoms with Crippen LogP contribution < -0.4 is 11.1 Å². The summed E-state index contributed by atoms with van der Waals surface area (Å²) in [5.41, 5.74) is 5.88. The molecule has 0 aromatic heterocycles. The second-order valence-electron chi connectivity index (χ2n) is 6.73. The first-order valence-corrected chi connectivity index (χ1v) is 6.91. The monoisotopic (exact) mass is 255 g/mol. The van der Waals surface area contributed by atoms with Crippen molar-refractivity contribution in [1.29, 1.82) is 0 Å². The molecule has 0 radical (unpaired) electrons. The van der Waals surface area contributed by atoms with E-state index in [1.54, 1.807) is 0 Å². The van der Waals surface area contributed by atoms with Gasteiger partial charge in [0.05, 0.1) is 5.92 Å². The molecule has 0 heterocycles. The fourth-order valence-corrected chi connectivity index (χ4v) is 2.37. The van der Waals surface area contributed by atoms with Crippen molar-refractivity contribution in [2.24, 2.45) is 11.7 Å². The summed E-state index contributed by atoms with van der Waals surface area (Å²) in [6.45, 7) is 6.91. The summed E-state index contributed by atoms with van der Waals surface area (Å²) >= 11 is 0. The van der Waals surface area contributed by atoms with Gasteiger partial charge in [-0.15, -0.1) is 0 Å². The summed E-state index contributed by atoms with van der Waals surface area (Å²) in [6.07, 6.45) is 4.12. The van der Waals surface area contributed by atoms with Crippen molar-refractivity contribution >= 4 is 5.91 Å². The number of rotatable bonds is 4. The van der Waals surface area contributed by atoms with Crippen LogP contribution in [-0.2, 0) is 4.79 Å². The van der Waals surface area contributed by atoms with Crippen molar-refractivity contribution < 1.29 is 4.79 Å². The Bertz CT molecular complexity index is 297. The number of nitrogens with two attached hydrogens (primary N) is 1. The van der Waals surface area contributed by atoms with Gasteiger partial charge in [-0.2, -0.15) is 0 Å². The number of likely N-dealkylation sites (N-methyl/N-ethyl adjacent to an activating group) is 1. The SMILES string of the molecule is CN(C)C(C)(C)CNC(=O)C1CCCCC1(C)N. The van der Waals surface area contributed by atoms with E-state index in [0.29, 0.717) is 6.54 Å². The molecule has 1 fully saturated rings. The van der Waals surface area contributed by atoms with Crippen molar-refractivity contribution in [3.63, 3.8) is 0 Å². The van der Waals surface area contributed by atoms with Crippen LogP contribution in [0.25, 0.3) is 0 Å². The Kier molecular flexibility index (Phi) is 4.78. The molecule has 1 aliphatic carbocycles. The predicted molar refractivity (Wildman–Crippen MR) is 75.3 cm³/mol. The third-order valence-corrected chi connectivity index (χ3v) is 4.48. The number of carbonyl (C=O) groups excluding carboxylic acids is 1. The van der Waals surface area contributed by atoms with Gasteiger partial charge < -0.3 is 16.0 Å². The first-order valence-electron chi connectivity index (χ1n) is 6.91. The summed E-state index contributed by atoms with van der Waals surface area (Å²) < 4.78 is 0. The minimum Gasteiger partial charge on any atom is -0.354 e. The van der Waals surface area contributed by atoms with Crippen molar-refractivity contribution in [1.82, 2.24) is 10.2 Å². The quantitative estimate of drug-likeness (QED) is 0.797.